The van der Waals surface area contributed by atoms with Gasteiger partial charge in [0, 0.05) is 13.1 Å². The number of hydrogen-bond acceptors (Lipinski definition) is 6. The first-order chi connectivity index (χ1) is 8.65. The number of hydrogen-bond donors (Lipinski definition) is 1. The maximum absolute atomic E-state index is 5.60. The van der Waals surface area contributed by atoms with Crippen LogP contribution in [0.3, 0.4) is 0 Å². The second-order valence-corrected chi connectivity index (χ2v) is 4.11. The maximum atomic E-state index is 5.60. The molecule has 2 rings (SSSR count). The Bertz CT molecular complexity index is 510. The molecule has 18 heavy (non-hydrogen) atoms. The summed E-state index contributed by atoms with van der Waals surface area (Å²) in [5.74, 6) is 1.73. The van der Waals surface area contributed by atoms with Gasteiger partial charge in [-0.1, -0.05) is 5.16 Å². The molecule has 1 N–H and O–H groups in total. The summed E-state index contributed by atoms with van der Waals surface area (Å²) in [5.41, 5.74) is 0.814. The molecule has 96 valence electrons. The highest BCUT2D eigenvalue weighted by Crippen LogP contribution is 2.22. The summed E-state index contributed by atoms with van der Waals surface area (Å²) in [6, 6.07) is 3.74. The van der Waals surface area contributed by atoms with Crippen LogP contribution in [0.1, 0.15) is 25.6 Å². The number of aromatic nitrogens is 3. The standard InChI is InChI=1S/C12H16N4O2/c1-8(2)17-12-10(5-4-6-13-12)14-7-11-15-9(3)18-16-11/h4-6,8,14H,7H2,1-3H3. The fraction of sp³-hybridized carbons (Fsp3) is 0.417. The molecule has 0 aromatic carbocycles. The van der Waals surface area contributed by atoms with Gasteiger partial charge in [0.15, 0.2) is 5.82 Å². The molecule has 2 heterocycles. The van der Waals surface area contributed by atoms with Crippen molar-refractivity contribution >= 4 is 5.69 Å². The first-order valence-corrected chi connectivity index (χ1v) is 5.80. The lowest BCUT2D eigenvalue weighted by molar-refractivity contribution is 0.234. The second kappa shape index (κ2) is 5.48. The minimum atomic E-state index is 0.0767. The smallest absolute Gasteiger partial charge is 0.237 e. The Morgan fingerprint density at radius 1 is 1.44 bits per heavy atom. The fourth-order valence-electron chi connectivity index (χ4n) is 1.43. The SMILES string of the molecule is Cc1nc(CNc2cccnc2OC(C)C)no1. The molecule has 6 nitrogen and oxygen atoms in total. The summed E-state index contributed by atoms with van der Waals surface area (Å²) in [5, 5.41) is 6.99. The molecule has 0 aliphatic carbocycles. The van der Waals surface area contributed by atoms with Crippen LogP contribution in [0.2, 0.25) is 0 Å². The van der Waals surface area contributed by atoms with Crippen molar-refractivity contribution in [2.75, 3.05) is 5.32 Å². The van der Waals surface area contributed by atoms with Gasteiger partial charge in [0.1, 0.15) is 0 Å². The number of nitrogens with zero attached hydrogens (tertiary/aromatic N) is 3. The van der Waals surface area contributed by atoms with E-state index >= 15 is 0 Å². The van der Waals surface area contributed by atoms with Crippen LogP contribution in [0.15, 0.2) is 22.9 Å². The fourth-order valence-corrected chi connectivity index (χ4v) is 1.43. The Hall–Kier alpha value is -2.11. The summed E-state index contributed by atoms with van der Waals surface area (Å²) >= 11 is 0. The number of rotatable bonds is 5. The Labute approximate surface area is 105 Å². The molecule has 0 atom stereocenters. The van der Waals surface area contributed by atoms with Gasteiger partial charge >= 0.3 is 0 Å². The molecule has 0 bridgehead atoms. The Kier molecular flexibility index (Phi) is 3.76. The van der Waals surface area contributed by atoms with Crippen molar-refractivity contribution in [3.8, 4) is 5.88 Å². The van der Waals surface area contributed by atoms with Gasteiger partial charge in [0.2, 0.25) is 11.8 Å². The second-order valence-electron chi connectivity index (χ2n) is 4.11. The van der Waals surface area contributed by atoms with E-state index in [1.165, 1.54) is 0 Å². The normalized spacial score (nSPS) is 10.7. The van der Waals surface area contributed by atoms with E-state index in [0.717, 1.165) is 5.69 Å². The lowest BCUT2D eigenvalue weighted by Crippen LogP contribution is -2.10. The average molecular weight is 248 g/mol. The summed E-state index contributed by atoms with van der Waals surface area (Å²) < 4.78 is 10.5. The zero-order valence-corrected chi connectivity index (χ0v) is 10.7. The molecule has 0 saturated heterocycles. The van der Waals surface area contributed by atoms with Crippen molar-refractivity contribution in [3.63, 3.8) is 0 Å². The Morgan fingerprint density at radius 2 is 2.28 bits per heavy atom. The zero-order chi connectivity index (χ0) is 13.0. The number of pyridine rings is 1. The van der Waals surface area contributed by atoms with Gasteiger partial charge in [-0.25, -0.2) is 4.98 Å². The van der Waals surface area contributed by atoms with Crippen molar-refractivity contribution in [2.24, 2.45) is 0 Å². The minimum absolute atomic E-state index is 0.0767. The molecule has 2 aromatic heterocycles. The first kappa shape index (κ1) is 12.3. The number of aryl methyl sites for hydroxylation is 1. The Morgan fingerprint density at radius 3 is 2.94 bits per heavy atom. The van der Waals surface area contributed by atoms with Crippen LogP contribution in [0.25, 0.3) is 0 Å². The lowest BCUT2D eigenvalue weighted by Gasteiger charge is -2.13. The highest BCUT2D eigenvalue weighted by molar-refractivity contribution is 5.52. The third-order valence-electron chi connectivity index (χ3n) is 2.13. The van der Waals surface area contributed by atoms with E-state index in [2.05, 4.69) is 20.4 Å². The van der Waals surface area contributed by atoms with Crippen LogP contribution in [-0.2, 0) is 6.54 Å². The first-order valence-electron chi connectivity index (χ1n) is 5.80. The summed E-state index contributed by atoms with van der Waals surface area (Å²) in [6.07, 6.45) is 1.77. The Balaban J connectivity index is 2.04. The summed E-state index contributed by atoms with van der Waals surface area (Å²) in [6.45, 7) is 6.15. The van der Waals surface area contributed by atoms with Crippen LogP contribution in [0.5, 0.6) is 5.88 Å². The molecule has 2 aromatic rings. The number of anilines is 1. The lowest BCUT2D eigenvalue weighted by atomic mass is 10.4. The largest absolute Gasteiger partial charge is 0.473 e. The molecule has 0 unspecified atom stereocenters. The van der Waals surface area contributed by atoms with Crippen molar-refractivity contribution in [1.29, 1.82) is 0 Å². The van der Waals surface area contributed by atoms with Gasteiger partial charge in [-0.05, 0) is 26.0 Å². The van der Waals surface area contributed by atoms with E-state index in [1.54, 1.807) is 13.1 Å². The third-order valence-corrected chi connectivity index (χ3v) is 2.13. The minimum Gasteiger partial charge on any atom is -0.473 e. The van der Waals surface area contributed by atoms with Crippen LogP contribution in [0.4, 0.5) is 5.69 Å². The predicted molar refractivity (Wildman–Crippen MR) is 66.4 cm³/mol. The number of ether oxygens (including phenoxy) is 1. The highest BCUT2D eigenvalue weighted by Gasteiger charge is 2.08. The molecule has 6 heteroatoms. The van der Waals surface area contributed by atoms with Gasteiger partial charge < -0.3 is 14.6 Å². The van der Waals surface area contributed by atoms with Crippen LogP contribution in [-0.4, -0.2) is 21.2 Å². The van der Waals surface area contributed by atoms with Gasteiger partial charge in [-0.3, -0.25) is 0 Å². The van der Waals surface area contributed by atoms with Gasteiger partial charge in [0.25, 0.3) is 0 Å². The van der Waals surface area contributed by atoms with E-state index in [0.29, 0.717) is 24.1 Å². The molecule has 0 saturated carbocycles. The van der Waals surface area contributed by atoms with E-state index in [-0.39, 0.29) is 6.10 Å². The van der Waals surface area contributed by atoms with Gasteiger partial charge in [-0.15, -0.1) is 0 Å². The zero-order valence-electron chi connectivity index (χ0n) is 10.7. The van der Waals surface area contributed by atoms with Gasteiger partial charge in [0.05, 0.1) is 18.3 Å². The molecular formula is C12H16N4O2. The van der Waals surface area contributed by atoms with Crippen molar-refractivity contribution < 1.29 is 9.26 Å². The van der Waals surface area contributed by atoms with Crippen LogP contribution < -0.4 is 10.1 Å². The molecular weight excluding hydrogens is 232 g/mol. The summed E-state index contributed by atoms with van der Waals surface area (Å²) in [4.78, 5) is 8.30. The summed E-state index contributed by atoms with van der Waals surface area (Å²) in [7, 11) is 0. The molecule has 0 spiro atoms. The predicted octanol–water partition coefficient (Wildman–Crippen LogP) is 2.17. The molecule has 0 fully saturated rings. The highest BCUT2D eigenvalue weighted by atomic mass is 16.5. The maximum Gasteiger partial charge on any atom is 0.237 e. The van der Waals surface area contributed by atoms with Crippen molar-refractivity contribution in [2.45, 2.75) is 33.4 Å². The molecule has 0 aliphatic rings. The van der Waals surface area contributed by atoms with Gasteiger partial charge in [-0.2, -0.15) is 4.98 Å². The van der Waals surface area contributed by atoms with E-state index < -0.39 is 0 Å². The monoisotopic (exact) mass is 248 g/mol. The van der Waals surface area contributed by atoms with Crippen LogP contribution >= 0.6 is 0 Å². The quantitative estimate of drug-likeness (QED) is 0.874. The molecule has 0 aliphatic heterocycles. The van der Waals surface area contributed by atoms with E-state index in [4.69, 9.17) is 9.26 Å². The van der Waals surface area contributed by atoms with Crippen molar-refractivity contribution in [3.05, 3.63) is 30.0 Å². The van der Waals surface area contributed by atoms with Crippen LogP contribution in [0, 0.1) is 6.92 Å². The third kappa shape index (κ3) is 3.19. The average Bonchev–Trinajstić information content (AvgIpc) is 2.73. The molecule has 0 radical (unpaired) electrons. The van der Waals surface area contributed by atoms with E-state index in [9.17, 15) is 0 Å². The van der Waals surface area contributed by atoms with Crippen molar-refractivity contribution in [1.82, 2.24) is 15.1 Å². The molecule has 0 amide bonds. The topological polar surface area (TPSA) is 73.1 Å². The van der Waals surface area contributed by atoms with E-state index in [1.807, 2.05) is 26.0 Å². The number of nitrogens with one attached hydrogen (secondary N) is 1.